The molecule has 0 aromatic heterocycles. The molecule has 0 spiro atoms. The van der Waals surface area contributed by atoms with Gasteiger partial charge in [-0.25, -0.2) is 13.8 Å². The molecular weight excluding hydrogens is 266 g/mol. The average Bonchev–Trinajstić information content (AvgIpc) is 2.85. The number of anilines is 1. The van der Waals surface area contributed by atoms with Crippen molar-refractivity contribution in [2.45, 2.75) is 31.1 Å². The molecule has 4 nitrogen and oxygen atoms in total. The summed E-state index contributed by atoms with van der Waals surface area (Å²) in [5, 5.41) is 0. The second-order valence-electron chi connectivity index (χ2n) is 5.15. The molecule has 2 heterocycles. The third kappa shape index (κ3) is 1.86. The van der Waals surface area contributed by atoms with Crippen molar-refractivity contribution in [3.05, 3.63) is 29.6 Å². The second kappa shape index (κ2) is 4.70. The number of ether oxygens (including phenoxy) is 2. The van der Waals surface area contributed by atoms with E-state index in [2.05, 4.69) is 4.99 Å². The van der Waals surface area contributed by atoms with E-state index in [1.54, 1.807) is 13.0 Å². The standard InChI is InChI=1S/C14H16F2N2O2/c1-8-18-14(10-6-9(17)2-3-11(10)16)4-5-19-13(14)12(7-15)20-8/h2-3,6,12-13H,4-5,7,17H2,1H3/t12-,13+,14-/m1/s1. The van der Waals surface area contributed by atoms with Crippen LogP contribution in [0.15, 0.2) is 23.2 Å². The summed E-state index contributed by atoms with van der Waals surface area (Å²) in [5.41, 5.74) is 5.60. The highest BCUT2D eigenvalue weighted by molar-refractivity contribution is 5.75. The zero-order valence-electron chi connectivity index (χ0n) is 11.1. The van der Waals surface area contributed by atoms with Gasteiger partial charge < -0.3 is 15.2 Å². The van der Waals surface area contributed by atoms with E-state index >= 15 is 0 Å². The Morgan fingerprint density at radius 3 is 3.05 bits per heavy atom. The summed E-state index contributed by atoms with van der Waals surface area (Å²) in [5.74, 6) is -0.0676. The largest absolute Gasteiger partial charge is 0.472 e. The molecule has 0 radical (unpaired) electrons. The van der Waals surface area contributed by atoms with E-state index in [-0.39, 0.29) is 0 Å². The Labute approximate surface area is 115 Å². The molecule has 2 aliphatic rings. The van der Waals surface area contributed by atoms with Crippen LogP contribution in [-0.2, 0) is 15.0 Å². The van der Waals surface area contributed by atoms with Crippen LogP contribution in [-0.4, -0.2) is 31.4 Å². The maximum atomic E-state index is 14.2. The lowest BCUT2D eigenvalue weighted by atomic mass is 9.80. The summed E-state index contributed by atoms with van der Waals surface area (Å²) in [7, 11) is 0. The number of hydrogen-bond donors (Lipinski definition) is 1. The van der Waals surface area contributed by atoms with Crippen LogP contribution in [0.2, 0.25) is 0 Å². The molecule has 1 saturated heterocycles. The molecule has 0 bridgehead atoms. The Hall–Kier alpha value is -1.69. The molecule has 2 aliphatic heterocycles. The first-order chi connectivity index (χ1) is 9.56. The fourth-order valence-electron chi connectivity index (χ4n) is 3.08. The van der Waals surface area contributed by atoms with Gasteiger partial charge in [0.05, 0.1) is 6.61 Å². The molecule has 1 aromatic carbocycles. The van der Waals surface area contributed by atoms with Crippen molar-refractivity contribution in [3.63, 3.8) is 0 Å². The van der Waals surface area contributed by atoms with Crippen molar-refractivity contribution in [1.82, 2.24) is 0 Å². The Kier molecular flexibility index (Phi) is 3.12. The normalized spacial score (nSPS) is 32.5. The SMILES string of the molecule is CC1=N[C@@]2(c3cc(N)ccc3F)CCO[C@H]2[C@@H](CF)O1. The lowest BCUT2D eigenvalue weighted by Gasteiger charge is -2.39. The number of rotatable bonds is 2. The Balaban J connectivity index is 2.17. The summed E-state index contributed by atoms with van der Waals surface area (Å²) in [6.07, 6.45) is -0.918. The van der Waals surface area contributed by atoms with Gasteiger partial charge >= 0.3 is 0 Å². The Morgan fingerprint density at radius 1 is 1.50 bits per heavy atom. The molecule has 3 atom stereocenters. The van der Waals surface area contributed by atoms with Crippen LogP contribution in [0.25, 0.3) is 0 Å². The predicted molar refractivity (Wildman–Crippen MR) is 70.8 cm³/mol. The minimum Gasteiger partial charge on any atom is -0.472 e. The first-order valence-electron chi connectivity index (χ1n) is 6.53. The highest BCUT2D eigenvalue weighted by Gasteiger charge is 2.54. The Bertz CT molecular complexity index is 564. The molecule has 0 saturated carbocycles. The number of halogens is 2. The molecule has 108 valence electrons. The first kappa shape index (κ1) is 13.3. The number of nitrogen functional groups attached to an aromatic ring is 1. The van der Waals surface area contributed by atoms with Gasteiger partial charge in [0, 0.05) is 24.6 Å². The highest BCUT2D eigenvalue weighted by atomic mass is 19.1. The van der Waals surface area contributed by atoms with Crippen LogP contribution < -0.4 is 5.73 Å². The highest BCUT2D eigenvalue weighted by Crippen LogP contribution is 2.45. The van der Waals surface area contributed by atoms with E-state index in [1.165, 1.54) is 12.1 Å². The van der Waals surface area contributed by atoms with Crippen LogP contribution in [0.5, 0.6) is 0 Å². The topological polar surface area (TPSA) is 56.8 Å². The van der Waals surface area contributed by atoms with E-state index in [1.807, 2.05) is 0 Å². The minimum absolute atomic E-state index is 0.344. The van der Waals surface area contributed by atoms with Gasteiger partial charge in [-0.05, 0) is 18.2 Å². The fraction of sp³-hybridized carbons (Fsp3) is 0.500. The summed E-state index contributed by atoms with van der Waals surface area (Å²) in [6, 6.07) is 4.34. The molecule has 1 aromatic rings. The quantitative estimate of drug-likeness (QED) is 0.846. The van der Waals surface area contributed by atoms with Gasteiger partial charge in [0.1, 0.15) is 24.1 Å². The second-order valence-corrected chi connectivity index (χ2v) is 5.15. The summed E-state index contributed by atoms with van der Waals surface area (Å²) < 4.78 is 38.4. The summed E-state index contributed by atoms with van der Waals surface area (Å²) in [4.78, 5) is 4.45. The number of hydrogen-bond acceptors (Lipinski definition) is 4. The van der Waals surface area contributed by atoms with Crippen molar-refractivity contribution in [2.75, 3.05) is 19.0 Å². The number of fused-ring (bicyclic) bond motifs is 1. The van der Waals surface area contributed by atoms with Crippen LogP contribution in [0.4, 0.5) is 14.5 Å². The van der Waals surface area contributed by atoms with Crippen LogP contribution in [0.1, 0.15) is 18.9 Å². The van der Waals surface area contributed by atoms with E-state index in [0.29, 0.717) is 30.2 Å². The Morgan fingerprint density at radius 2 is 2.30 bits per heavy atom. The zero-order chi connectivity index (χ0) is 14.3. The van der Waals surface area contributed by atoms with E-state index < -0.39 is 30.2 Å². The monoisotopic (exact) mass is 282 g/mol. The van der Waals surface area contributed by atoms with Crippen molar-refractivity contribution in [2.24, 2.45) is 4.99 Å². The predicted octanol–water partition coefficient (Wildman–Crippen LogP) is 2.18. The number of alkyl halides is 1. The van der Waals surface area contributed by atoms with Gasteiger partial charge in [0.2, 0.25) is 0 Å². The van der Waals surface area contributed by atoms with Crippen molar-refractivity contribution in [1.29, 1.82) is 0 Å². The summed E-state index contributed by atoms with van der Waals surface area (Å²) >= 11 is 0. The molecule has 1 fully saturated rings. The van der Waals surface area contributed by atoms with Crippen molar-refractivity contribution in [3.8, 4) is 0 Å². The van der Waals surface area contributed by atoms with Gasteiger partial charge in [-0.3, -0.25) is 0 Å². The lowest BCUT2D eigenvalue weighted by Crippen LogP contribution is -2.49. The zero-order valence-corrected chi connectivity index (χ0v) is 11.1. The molecule has 2 N–H and O–H groups in total. The lowest BCUT2D eigenvalue weighted by molar-refractivity contribution is -0.0437. The maximum absolute atomic E-state index is 14.2. The third-order valence-corrected chi connectivity index (χ3v) is 3.88. The van der Waals surface area contributed by atoms with Gasteiger partial charge in [-0.1, -0.05) is 0 Å². The van der Waals surface area contributed by atoms with Crippen LogP contribution in [0.3, 0.4) is 0 Å². The minimum atomic E-state index is -0.946. The van der Waals surface area contributed by atoms with Crippen LogP contribution in [0, 0.1) is 5.82 Å². The van der Waals surface area contributed by atoms with Crippen molar-refractivity contribution >= 4 is 11.6 Å². The molecular formula is C14H16F2N2O2. The molecule has 3 rings (SSSR count). The molecule has 0 aliphatic carbocycles. The summed E-state index contributed by atoms with van der Waals surface area (Å²) in [6.45, 7) is 1.32. The molecule has 0 unspecified atom stereocenters. The van der Waals surface area contributed by atoms with Gasteiger partial charge in [0.15, 0.2) is 12.0 Å². The number of nitrogens with zero attached hydrogens (tertiary/aromatic N) is 1. The third-order valence-electron chi connectivity index (χ3n) is 3.88. The van der Waals surface area contributed by atoms with E-state index in [4.69, 9.17) is 15.2 Å². The molecule has 0 amide bonds. The smallest absolute Gasteiger partial charge is 0.181 e. The van der Waals surface area contributed by atoms with Gasteiger partial charge in [0.25, 0.3) is 0 Å². The molecule has 20 heavy (non-hydrogen) atoms. The first-order valence-corrected chi connectivity index (χ1v) is 6.53. The number of nitrogens with two attached hydrogens (primary N) is 1. The molecule has 6 heteroatoms. The fourth-order valence-corrected chi connectivity index (χ4v) is 3.08. The number of aliphatic imine (C=N–C) groups is 1. The van der Waals surface area contributed by atoms with Gasteiger partial charge in [-0.2, -0.15) is 0 Å². The maximum Gasteiger partial charge on any atom is 0.181 e. The van der Waals surface area contributed by atoms with E-state index in [9.17, 15) is 8.78 Å². The van der Waals surface area contributed by atoms with E-state index in [0.717, 1.165) is 0 Å². The van der Waals surface area contributed by atoms with Gasteiger partial charge in [-0.15, -0.1) is 0 Å². The van der Waals surface area contributed by atoms with Crippen molar-refractivity contribution < 1.29 is 18.3 Å². The number of benzene rings is 1. The average molecular weight is 282 g/mol. The van der Waals surface area contributed by atoms with Crippen LogP contribution >= 0.6 is 0 Å².